The Morgan fingerprint density at radius 1 is 1.25 bits per heavy atom. The molecule has 3 N–H and O–H groups in total. The van der Waals surface area contributed by atoms with E-state index in [2.05, 4.69) is 26.2 Å². The number of carbonyl (C=O) groups is 1. The molecule has 0 unspecified atom stereocenters. The zero-order chi connectivity index (χ0) is 14.7. The molecule has 0 aliphatic carbocycles. The highest BCUT2D eigenvalue weighted by Gasteiger charge is 2.11. The van der Waals surface area contributed by atoms with E-state index in [9.17, 15) is 4.79 Å². The Kier molecular flexibility index (Phi) is 4.39. The first-order chi connectivity index (χ1) is 9.45. The number of benzene rings is 1. The molecular weight excluding hydrogens is 318 g/mol. The minimum absolute atomic E-state index is 0.191. The van der Waals surface area contributed by atoms with E-state index in [0.29, 0.717) is 11.4 Å². The molecule has 1 aromatic heterocycles. The second-order valence-corrected chi connectivity index (χ2v) is 5.74. The molecule has 2 rings (SSSR count). The molecule has 4 nitrogen and oxygen atoms in total. The van der Waals surface area contributed by atoms with E-state index in [0.717, 1.165) is 15.9 Å². The lowest BCUT2D eigenvalue weighted by Gasteiger charge is -2.10. The summed E-state index contributed by atoms with van der Waals surface area (Å²) in [6, 6.07) is 10.8. The van der Waals surface area contributed by atoms with Gasteiger partial charge in [-0.1, -0.05) is 29.8 Å². The molecule has 0 atom stereocenters. The van der Waals surface area contributed by atoms with Gasteiger partial charge in [0.25, 0.3) is 5.91 Å². The molecule has 104 valence electrons. The fraction of sp³-hybridized carbons (Fsp3) is 0.200. The average molecular weight is 334 g/mol. The van der Waals surface area contributed by atoms with Gasteiger partial charge in [-0.15, -0.1) is 0 Å². The third kappa shape index (κ3) is 3.57. The number of hydrogen-bond acceptors (Lipinski definition) is 3. The lowest BCUT2D eigenvalue weighted by Crippen LogP contribution is -2.13. The molecule has 0 radical (unpaired) electrons. The van der Waals surface area contributed by atoms with Gasteiger partial charge in [-0.25, -0.2) is 4.98 Å². The SMILES string of the molecule is CC(C)c1cc(C(=O)Nc2ccc(Br)cc2)cc(N)n1. The number of hydrogen-bond donors (Lipinski definition) is 2. The molecule has 20 heavy (non-hydrogen) atoms. The Morgan fingerprint density at radius 2 is 1.90 bits per heavy atom. The molecule has 2 aromatic rings. The lowest BCUT2D eigenvalue weighted by atomic mass is 10.1. The summed E-state index contributed by atoms with van der Waals surface area (Å²) in [5, 5.41) is 2.84. The summed E-state index contributed by atoms with van der Waals surface area (Å²) in [5.74, 6) is 0.387. The fourth-order valence-corrected chi connectivity index (χ4v) is 2.00. The van der Waals surface area contributed by atoms with Crippen molar-refractivity contribution in [3.8, 4) is 0 Å². The third-order valence-corrected chi connectivity index (χ3v) is 3.35. The molecule has 0 aliphatic rings. The smallest absolute Gasteiger partial charge is 0.255 e. The van der Waals surface area contributed by atoms with Crippen molar-refractivity contribution in [3.63, 3.8) is 0 Å². The van der Waals surface area contributed by atoms with Gasteiger partial charge in [0.15, 0.2) is 0 Å². The molecule has 5 heteroatoms. The van der Waals surface area contributed by atoms with Crippen LogP contribution in [0.15, 0.2) is 40.9 Å². The van der Waals surface area contributed by atoms with Crippen LogP contribution in [0.2, 0.25) is 0 Å². The van der Waals surface area contributed by atoms with Crippen LogP contribution in [0, 0.1) is 0 Å². The van der Waals surface area contributed by atoms with Crippen molar-refractivity contribution >= 4 is 33.3 Å². The third-order valence-electron chi connectivity index (χ3n) is 2.82. The van der Waals surface area contributed by atoms with Gasteiger partial charge in [-0.3, -0.25) is 4.79 Å². The van der Waals surface area contributed by atoms with Crippen molar-refractivity contribution in [3.05, 3.63) is 52.1 Å². The van der Waals surface area contributed by atoms with Gasteiger partial charge in [0.05, 0.1) is 0 Å². The summed E-state index contributed by atoms with van der Waals surface area (Å²) in [7, 11) is 0. The number of halogens is 1. The fourth-order valence-electron chi connectivity index (χ4n) is 1.74. The molecule has 0 fully saturated rings. The van der Waals surface area contributed by atoms with Crippen LogP contribution in [0.1, 0.15) is 35.8 Å². The maximum atomic E-state index is 12.2. The number of amides is 1. The first kappa shape index (κ1) is 14.5. The van der Waals surface area contributed by atoms with Crippen LogP contribution < -0.4 is 11.1 Å². The largest absolute Gasteiger partial charge is 0.384 e. The first-order valence-corrected chi connectivity index (χ1v) is 7.09. The monoisotopic (exact) mass is 333 g/mol. The van der Waals surface area contributed by atoms with Crippen LogP contribution in [0.3, 0.4) is 0 Å². The maximum absolute atomic E-state index is 12.2. The highest BCUT2D eigenvalue weighted by Crippen LogP contribution is 2.18. The molecule has 0 spiro atoms. The van der Waals surface area contributed by atoms with E-state index < -0.39 is 0 Å². The maximum Gasteiger partial charge on any atom is 0.255 e. The van der Waals surface area contributed by atoms with E-state index in [4.69, 9.17) is 5.73 Å². The van der Waals surface area contributed by atoms with Gasteiger partial charge in [0.1, 0.15) is 5.82 Å². The van der Waals surface area contributed by atoms with Gasteiger partial charge in [-0.2, -0.15) is 0 Å². The van der Waals surface area contributed by atoms with E-state index in [1.807, 2.05) is 38.1 Å². The van der Waals surface area contributed by atoms with Crippen LogP contribution in [-0.2, 0) is 0 Å². The van der Waals surface area contributed by atoms with Gasteiger partial charge >= 0.3 is 0 Å². The molecule has 0 aliphatic heterocycles. The normalized spacial score (nSPS) is 10.6. The number of anilines is 2. The number of nitrogens with one attached hydrogen (secondary N) is 1. The standard InChI is InChI=1S/C15H16BrN3O/c1-9(2)13-7-10(8-14(17)19-13)15(20)18-12-5-3-11(16)4-6-12/h3-9H,1-2H3,(H2,17,19)(H,18,20). The van der Waals surface area contributed by atoms with Gasteiger partial charge in [-0.05, 0) is 42.3 Å². The van der Waals surface area contributed by atoms with Crippen molar-refractivity contribution < 1.29 is 4.79 Å². The van der Waals surface area contributed by atoms with E-state index in [-0.39, 0.29) is 11.8 Å². The number of pyridine rings is 1. The molecule has 1 amide bonds. The predicted molar refractivity (Wildman–Crippen MR) is 84.8 cm³/mol. The molecule has 0 saturated carbocycles. The number of carbonyl (C=O) groups excluding carboxylic acids is 1. The molecular formula is C15H16BrN3O. The van der Waals surface area contributed by atoms with Crippen molar-refractivity contribution in [2.24, 2.45) is 0 Å². The minimum Gasteiger partial charge on any atom is -0.384 e. The van der Waals surface area contributed by atoms with Crippen LogP contribution in [0.4, 0.5) is 11.5 Å². The van der Waals surface area contributed by atoms with Gasteiger partial charge < -0.3 is 11.1 Å². The number of rotatable bonds is 3. The summed E-state index contributed by atoms with van der Waals surface area (Å²) in [5.41, 5.74) is 7.82. The van der Waals surface area contributed by atoms with Gasteiger partial charge in [0.2, 0.25) is 0 Å². The van der Waals surface area contributed by atoms with Gasteiger partial charge in [0, 0.05) is 21.4 Å². The Hall–Kier alpha value is -1.88. The number of aromatic nitrogens is 1. The molecule has 0 bridgehead atoms. The zero-order valence-corrected chi connectivity index (χ0v) is 12.9. The topological polar surface area (TPSA) is 68.0 Å². The summed E-state index contributed by atoms with van der Waals surface area (Å²) >= 11 is 3.35. The number of nitrogen functional groups attached to an aromatic ring is 1. The molecule has 1 aromatic carbocycles. The second-order valence-electron chi connectivity index (χ2n) is 4.82. The van der Waals surface area contributed by atoms with Crippen LogP contribution in [0.5, 0.6) is 0 Å². The van der Waals surface area contributed by atoms with Crippen molar-refractivity contribution in [2.75, 3.05) is 11.1 Å². The number of nitrogens with two attached hydrogens (primary N) is 1. The van der Waals surface area contributed by atoms with E-state index >= 15 is 0 Å². The van der Waals surface area contributed by atoms with Crippen molar-refractivity contribution in [2.45, 2.75) is 19.8 Å². The highest BCUT2D eigenvalue weighted by molar-refractivity contribution is 9.10. The van der Waals surface area contributed by atoms with Crippen LogP contribution >= 0.6 is 15.9 Å². The summed E-state index contributed by atoms with van der Waals surface area (Å²) in [6.07, 6.45) is 0. The lowest BCUT2D eigenvalue weighted by molar-refractivity contribution is 0.102. The predicted octanol–water partition coefficient (Wildman–Crippen LogP) is 3.80. The summed E-state index contributed by atoms with van der Waals surface area (Å²) < 4.78 is 0.964. The summed E-state index contributed by atoms with van der Waals surface area (Å²) in [6.45, 7) is 4.02. The molecule has 1 heterocycles. The van der Waals surface area contributed by atoms with Crippen LogP contribution in [0.25, 0.3) is 0 Å². The number of nitrogens with zero attached hydrogens (tertiary/aromatic N) is 1. The highest BCUT2D eigenvalue weighted by atomic mass is 79.9. The Labute approximate surface area is 126 Å². The second kappa shape index (κ2) is 6.05. The van der Waals surface area contributed by atoms with E-state index in [1.54, 1.807) is 12.1 Å². The van der Waals surface area contributed by atoms with Crippen molar-refractivity contribution in [1.29, 1.82) is 0 Å². The Balaban J connectivity index is 2.22. The van der Waals surface area contributed by atoms with Crippen LogP contribution in [-0.4, -0.2) is 10.9 Å². The Bertz CT molecular complexity index is 624. The molecule has 0 saturated heterocycles. The first-order valence-electron chi connectivity index (χ1n) is 6.30. The average Bonchev–Trinajstić information content (AvgIpc) is 2.40. The van der Waals surface area contributed by atoms with Crippen molar-refractivity contribution in [1.82, 2.24) is 4.98 Å². The quantitative estimate of drug-likeness (QED) is 0.897. The minimum atomic E-state index is -0.191. The Morgan fingerprint density at radius 3 is 2.50 bits per heavy atom. The van der Waals surface area contributed by atoms with E-state index in [1.165, 1.54) is 0 Å². The zero-order valence-electron chi connectivity index (χ0n) is 11.4. The summed E-state index contributed by atoms with van der Waals surface area (Å²) in [4.78, 5) is 16.4.